The van der Waals surface area contributed by atoms with E-state index in [-0.39, 0.29) is 11.9 Å². The van der Waals surface area contributed by atoms with Gasteiger partial charge in [-0.1, -0.05) is 12.8 Å². The first-order chi connectivity index (χ1) is 6.36. The molecule has 0 radical (unpaired) electrons. The highest BCUT2D eigenvalue weighted by atomic mass is 16.5. The molecule has 0 amide bonds. The summed E-state index contributed by atoms with van der Waals surface area (Å²) in [5.74, 6) is 0.418. The van der Waals surface area contributed by atoms with Crippen molar-refractivity contribution in [2.45, 2.75) is 25.7 Å². The van der Waals surface area contributed by atoms with E-state index in [1.54, 1.807) is 12.3 Å². The summed E-state index contributed by atoms with van der Waals surface area (Å²) in [6.07, 6.45) is 5.78. The molecule has 70 valence electrons. The van der Waals surface area contributed by atoms with Crippen molar-refractivity contribution < 1.29 is 9.53 Å². The molecule has 0 aliphatic heterocycles. The van der Waals surface area contributed by atoms with Gasteiger partial charge in [0.1, 0.15) is 0 Å². The van der Waals surface area contributed by atoms with E-state index in [0.29, 0.717) is 5.88 Å². The highest BCUT2D eigenvalue weighted by molar-refractivity contribution is 5.74. The molecule has 4 nitrogen and oxygen atoms in total. The Hall–Kier alpha value is -1.32. The summed E-state index contributed by atoms with van der Waals surface area (Å²) in [6.45, 7) is 0. The maximum absolute atomic E-state index is 11.4. The second kappa shape index (κ2) is 3.60. The summed E-state index contributed by atoms with van der Waals surface area (Å²) in [5.41, 5.74) is 0. The molecule has 0 bridgehead atoms. The smallest absolute Gasteiger partial charge is 0.315 e. The average molecular weight is 180 g/mol. The van der Waals surface area contributed by atoms with E-state index in [0.717, 1.165) is 25.7 Å². The molecule has 1 fully saturated rings. The minimum absolute atomic E-state index is 0.100. The number of nitrogens with one attached hydrogen (secondary N) is 1. The van der Waals surface area contributed by atoms with Crippen molar-refractivity contribution in [3.8, 4) is 5.88 Å². The number of aromatic amines is 1. The molecule has 0 atom stereocenters. The SMILES string of the molecule is O=C(Oc1ccn[nH]1)C1CCCC1. The molecule has 1 saturated carbocycles. The molecule has 0 unspecified atom stereocenters. The third kappa shape index (κ3) is 1.88. The molecule has 1 aromatic heterocycles. The Kier molecular flexibility index (Phi) is 2.29. The normalized spacial score (nSPS) is 17.5. The lowest BCUT2D eigenvalue weighted by Gasteiger charge is -2.06. The van der Waals surface area contributed by atoms with Crippen molar-refractivity contribution in [1.29, 1.82) is 0 Å². The van der Waals surface area contributed by atoms with Crippen LogP contribution in [0, 0.1) is 5.92 Å². The number of H-pyrrole nitrogens is 1. The highest BCUT2D eigenvalue weighted by Crippen LogP contribution is 2.26. The Morgan fingerprint density at radius 3 is 2.92 bits per heavy atom. The molecule has 4 heteroatoms. The average Bonchev–Trinajstić information content (AvgIpc) is 2.74. The van der Waals surface area contributed by atoms with Gasteiger partial charge >= 0.3 is 5.97 Å². The lowest BCUT2D eigenvalue weighted by Crippen LogP contribution is -2.17. The number of ether oxygens (including phenoxy) is 1. The molecule has 0 saturated heterocycles. The molecular formula is C9H12N2O2. The monoisotopic (exact) mass is 180 g/mol. The molecule has 0 spiro atoms. The van der Waals surface area contributed by atoms with E-state index in [1.165, 1.54) is 0 Å². The second-order valence-electron chi connectivity index (χ2n) is 3.32. The van der Waals surface area contributed by atoms with Gasteiger partial charge in [0.2, 0.25) is 5.88 Å². The van der Waals surface area contributed by atoms with Crippen LogP contribution in [-0.2, 0) is 4.79 Å². The molecule has 1 aliphatic carbocycles. The molecule has 1 aliphatic rings. The maximum atomic E-state index is 11.4. The largest absolute Gasteiger partial charge is 0.408 e. The number of hydrogen-bond donors (Lipinski definition) is 1. The summed E-state index contributed by atoms with van der Waals surface area (Å²) in [6, 6.07) is 1.65. The third-order valence-corrected chi connectivity index (χ3v) is 2.37. The Labute approximate surface area is 76.3 Å². The van der Waals surface area contributed by atoms with E-state index < -0.39 is 0 Å². The van der Waals surface area contributed by atoms with E-state index >= 15 is 0 Å². The fourth-order valence-corrected chi connectivity index (χ4v) is 1.65. The quantitative estimate of drug-likeness (QED) is 0.702. The summed E-state index contributed by atoms with van der Waals surface area (Å²) in [5, 5.41) is 6.30. The minimum Gasteiger partial charge on any atom is -0.408 e. The van der Waals surface area contributed by atoms with Crippen LogP contribution in [0.25, 0.3) is 0 Å². The standard InChI is InChI=1S/C9H12N2O2/c12-9(7-3-1-2-4-7)13-8-5-6-10-11-8/h5-7H,1-4H2,(H,10,11). The number of carbonyl (C=O) groups is 1. The molecule has 0 aromatic carbocycles. The van der Waals surface area contributed by atoms with Crippen LogP contribution >= 0.6 is 0 Å². The topological polar surface area (TPSA) is 55.0 Å². The number of carbonyl (C=O) groups excluding carboxylic acids is 1. The number of esters is 1. The van der Waals surface area contributed by atoms with Crippen LogP contribution in [-0.4, -0.2) is 16.2 Å². The van der Waals surface area contributed by atoms with E-state index in [9.17, 15) is 4.79 Å². The Bertz CT molecular complexity index is 276. The van der Waals surface area contributed by atoms with Crippen LogP contribution in [0.2, 0.25) is 0 Å². The number of rotatable bonds is 2. The summed E-state index contributed by atoms with van der Waals surface area (Å²) in [7, 11) is 0. The Morgan fingerprint density at radius 1 is 1.54 bits per heavy atom. The summed E-state index contributed by atoms with van der Waals surface area (Å²) in [4.78, 5) is 11.4. The van der Waals surface area contributed by atoms with Crippen LogP contribution in [0.15, 0.2) is 12.3 Å². The Morgan fingerprint density at radius 2 is 2.31 bits per heavy atom. The van der Waals surface area contributed by atoms with Gasteiger partial charge in [-0.05, 0) is 12.8 Å². The first-order valence-electron chi connectivity index (χ1n) is 4.57. The van der Waals surface area contributed by atoms with Crippen molar-refractivity contribution in [2.75, 3.05) is 0 Å². The van der Waals surface area contributed by atoms with Gasteiger partial charge in [-0.2, -0.15) is 5.10 Å². The zero-order valence-corrected chi connectivity index (χ0v) is 7.32. The zero-order chi connectivity index (χ0) is 9.10. The maximum Gasteiger partial charge on any atom is 0.315 e. The molecule has 2 rings (SSSR count). The van der Waals surface area contributed by atoms with Gasteiger partial charge in [-0.3, -0.25) is 4.79 Å². The van der Waals surface area contributed by atoms with Gasteiger partial charge in [-0.25, -0.2) is 5.10 Å². The predicted molar refractivity (Wildman–Crippen MR) is 46.2 cm³/mol. The van der Waals surface area contributed by atoms with E-state index in [4.69, 9.17) is 4.74 Å². The first-order valence-corrected chi connectivity index (χ1v) is 4.57. The van der Waals surface area contributed by atoms with Crippen molar-refractivity contribution in [1.82, 2.24) is 10.2 Å². The lowest BCUT2D eigenvalue weighted by molar-refractivity contribution is -0.138. The van der Waals surface area contributed by atoms with Crippen molar-refractivity contribution in [2.24, 2.45) is 5.92 Å². The van der Waals surface area contributed by atoms with Crippen molar-refractivity contribution in [3.05, 3.63) is 12.3 Å². The van der Waals surface area contributed by atoms with Crippen LogP contribution in [0.5, 0.6) is 5.88 Å². The molecule has 1 aromatic rings. The van der Waals surface area contributed by atoms with Crippen LogP contribution in [0.4, 0.5) is 0 Å². The van der Waals surface area contributed by atoms with Gasteiger partial charge in [0.15, 0.2) is 0 Å². The number of aromatic nitrogens is 2. The van der Waals surface area contributed by atoms with Gasteiger partial charge in [0, 0.05) is 6.07 Å². The molecule has 1 heterocycles. The van der Waals surface area contributed by atoms with Gasteiger partial charge in [0.25, 0.3) is 0 Å². The fourth-order valence-electron chi connectivity index (χ4n) is 1.65. The highest BCUT2D eigenvalue weighted by Gasteiger charge is 2.24. The van der Waals surface area contributed by atoms with E-state index in [2.05, 4.69) is 10.2 Å². The minimum atomic E-state index is -0.123. The van der Waals surface area contributed by atoms with Crippen molar-refractivity contribution >= 4 is 5.97 Å². The van der Waals surface area contributed by atoms with Crippen LogP contribution in [0.3, 0.4) is 0 Å². The fraction of sp³-hybridized carbons (Fsp3) is 0.556. The first kappa shape index (κ1) is 8.29. The van der Waals surface area contributed by atoms with Gasteiger partial charge < -0.3 is 4.74 Å². The van der Waals surface area contributed by atoms with Gasteiger partial charge in [0.05, 0.1) is 12.1 Å². The lowest BCUT2D eigenvalue weighted by atomic mass is 10.1. The number of hydrogen-bond acceptors (Lipinski definition) is 3. The zero-order valence-electron chi connectivity index (χ0n) is 7.32. The van der Waals surface area contributed by atoms with Gasteiger partial charge in [-0.15, -0.1) is 0 Å². The molecular weight excluding hydrogens is 168 g/mol. The Balaban J connectivity index is 1.91. The predicted octanol–water partition coefficient (Wildman–Crippen LogP) is 1.51. The van der Waals surface area contributed by atoms with Crippen molar-refractivity contribution in [3.63, 3.8) is 0 Å². The van der Waals surface area contributed by atoms with Crippen LogP contribution in [0.1, 0.15) is 25.7 Å². The second-order valence-corrected chi connectivity index (χ2v) is 3.32. The molecule has 1 N–H and O–H groups in total. The molecule has 13 heavy (non-hydrogen) atoms. The summed E-state index contributed by atoms with van der Waals surface area (Å²) >= 11 is 0. The van der Waals surface area contributed by atoms with Crippen LogP contribution < -0.4 is 4.74 Å². The third-order valence-electron chi connectivity index (χ3n) is 2.37. The summed E-state index contributed by atoms with van der Waals surface area (Å²) < 4.78 is 5.08. The van der Waals surface area contributed by atoms with E-state index in [1.807, 2.05) is 0 Å². The number of nitrogens with zero attached hydrogens (tertiary/aromatic N) is 1.